The summed E-state index contributed by atoms with van der Waals surface area (Å²) in [5, 5.41) is 4.24. The second-order valence-electron chi connectivity index (χ2n) is 8.54. The van der Waals surface area contributed by atoms with Crippen LogP contribution < -0.4 is 15.0 Å². The number of pyridine rings is 1. The van der Waals surface area contributed by atoms with E-state index in [0.29, 0.717) is 11.7 Å². The number of nitrogens with zero attached hydrogens (tertiary/aromatic N) is 3. The van der Waals surface area contributed by atoms with Gasteiger partial charge >= 0.3 is 0 Å². The molecule has 35 heavy (non-hydrogen) atoms. The molecule has 1 N–H and O–H groups in total. The maximum atomic E-state index is 5.90. The number of ether oxygens (including phenoxy) is 1. The maximum Gasteiger partial charge on any atom is 0.174 e. The summed E-state index contributed by atoms with van der Waals surface area (Å²) in [6.07, 6.45) is 1.83. The molecule has 4 aromatic rings. The highest BCUT2D eigenvalue weighted by atomic mass is 79.9. The molecule has 3 heterocycles. The lowest BCUT2D eigenvalue weighted by atomic mass is 9.96. The number of hydrogen-bond donors (Lipinski definition) is 1. The normalized spacial score (nSPS) is 17.5. The first kappa shape index (κ1) is 23.6. The molecule has 1 saturated heterocycles. The van der Waals surface area contributed by atoms with Crippen molar-refractivity contribution in [3.05, 3.63) is 106 Å². The maximum absolute atomic E-state index is 5.90. The molecule has 2 aromatic heterocycles. The molecule has 178 valence electrons. The standard InChI is InChI=1S/C28H27BrN4OS/c1-4-34-21-14-12-20(13-15-21)33-27(26(31-28(33)35)24-10-7-8-16-30-24)22-17-18(2)32(19(22)3)25-11-6-5-9-23(25)29/h5-17,26-27H,4H2,1-3H3,(H,31,35)/t26-,27+/m1/s1. The number of thiocarbonyl (C=S) groups is 1. The van der Waals surface area contributed by atoms with Gasteiger partial charge in [-0.3, -0.25) is 4.98 Å². The molecular weight excluding hydrogens is 520 g/mol. The molecule has 5 rings (SSSR count). The van der Waals surface area contributed by atoms with Gasteiger partial charge < -0.3 is 19.5 Å². The Morgan fingerprint density at radius 1 is 1.03 bits per heavy atom. The van der Waals surface area contributed by atoms with Crippen molar-refractivity contribution in [3.8, 4) is 11.4 Å². The Balaban J connectivity index is 1.65. The highest BCUT2D eigenvalue weighted by Gasteiger charge is 2.42. The van der Waals surface area contributed by atoms with Crippen molar-refractivity contribution >= 4 is 38.9 Å². The summed E-state index contributed by atoms with van der Waals surface area (Å²) < 4.78 is 9.02. The molecule has 1 aliphatic heterocycles. The largest absolute Gasteiger partial charge is 0.494 e. The van der Waals surface area contributed by atoms with Crippen molar-refractivity contribution < 1.29 is 4.74 Å². The van der Waals surface area contributed by atoms with Gasteiger partial charge in [-0.2, -0.15) is 0 Å². The van der Waals surface area contributed by atoms with E-state index >= 15 is 0 Å². The minimum Gasteiger partial charge on any atom is -0.494 e. The number of halogens is 1. The molecule has 0 spiro atoms. The van der Waals surface area contributed by atoms with Crippen molar-refractivity contribution in [1.29, 1.82) is 0 Å². The lowest BCUT2D eigenvalue weighted by molar-refractivity contribution is 0.340. The van der Waals surface area contributed by atoms with E-state index in [4.69, 9.17) is 17.0 Å². The molecule has 0 radical (unpaired) electrons. The summed E-state index contributed by atoms with van der Waals surface area (Å²) in [5.41, 5.74) is 6.62. The summed E-state index contributed by atoms with van der Waals surface area (Å²) in [5.74, 6) is 0.847. The minimum absolute atomic E-state index is 0.0715. The monoisotopic (exact) mass is 546 g/mol. The van der Waals surface area contributed by atoms with E-state index in [9.17, 15) is 0 Å². The molecule has 0 unspecified atom stereocenters. The number of aryl methyl sites for hydroxylation is 1. The van der Waals surface area contributed by atoms with Gasteiger partial charge in [0.05, 0.1) is 30.1 Å². The van der Waals surface area contributed by atoms with Crippen LogP contribution in [0.1, 0.15) is 41.7 Å². The molecule has 0 amide bonds. The van der Waals surface area contributed by atoms with Gasteiger partial charge in [0.1, 0.15) is 5.75 Å². The number of anilines is 1. The smallest absolute Gasteiger partial charge is 0.174 e. The lowest BCUT2D eigenvalue weighted by Gasteiger charge is -2.28. The van der Waals surface area contributed by atoms with E-state index in [1.165, 1.54) is 11.3 Å². The third kappa shape index (κ3) is 4.34. The minimum atomic E-state index is -0.0940. The van der Waals surface area contributed by atoms with Crippen LogP contribution in [0, 0.1) is 13.8 Å². The molecule has 0 aliphatic carbocycles. The Morgan fingerprint density at radius 3 is 2.46 bits per heavy atom. The molecular formula is C28H27BrN4OS. The van der Waals surface area contributed by atoms with Gasteiger partial charge in [0.15, 0.2) is 5.11 Å². The quantitative estimate of drug-likeness (QED) is 0.268. The van der Waals surface area contributed by atoms with Crippen LogP contribution in [0.5, 0.6) is 5.75 Å². The number of hydrogen-bond acceptors (Lipinski definition) is 3. The Labute approximate surface area is 219 Å². The number of nitrogens with one attached hydrogen (secondary N) is 1. The molecule has 7 heteroatoms. The third-order valence-electron chi connectivity index (χ3n) is 6.41. The predicted octanol–water partition coefficient (Wildman–Crippen LogP) is 6.83. The first-order valence-electron chi connectivity index (χ1n) is 11.7. The van der Waals surface area contributed by atoms with Gasteiger partial charge in [-0.15, -0.1) is 0 Å². The van der Waals surface area contributed by atoms with E-state index in [2.05, 4.69) is 92.0 Å². The van der Waals surface area contributed by atoms with Crippen molar-refractivity contribution in [2.45, 2.75) is 32.9 Å². The molecule has 0 bridgehead atoms. The number of benzene rings is 2. The molecule has 0 saturated carbocycles. The van der Waals surface area contributed by atoms with Crippen molar-refractivity contribution in [3.63, 3.8) is 0 Å². The third-order valence-corrected chi connectivity index (χ3v) is 7.39. The van der Waals surface area contributed by atoms with Crippen molar-refractivity contribution in [1.82, 2.24) is 14.9 Å². The Bertz CT molecular complexity index is 1350. The van der Waals surface area contributed by atoms with E-state index in [-0.39, 0.29) is 12.1 Å². The van der Waals surface area contributed by atoms with E-state index < -0.39 is 0 Å². The highest BCUT2D eigenvalue weighted by Crippen LogP contribution is 2.44. The zero-order valence-corrected chi connectivity index (χ0v) is 22.3. The second-order valence-corrected chi connectivity index (χ2v) is 9.78. The van der Waals surface area contributed by atoms with Crippen molar-refractivity contribution in [2.75, 3.05) is 11.5 Å². The van der Waals surface area contributed by atoms with Crippen LogP contribution >= 0.6 is 28.1 Å². The van der Waals surface area contributed by atoms with Crippen LogP contribution in [0.4, 0.5) is 5.69 Å². The zero-order valence-electron chi connectivity index (χ0n) is 19.9. The van der Waals surface area contributed by atoms with Gasteiger partial charge in [-0.05, 0) is 109 Å². The van der Waals surface area contributed by atoms with Crippen LogP contribution in [0.3, 0.4) is 0 Å². The average Bonchev–Trinajstić information content (AvgIpc) is 3.36. The SMILES string of the molecule is CCOc1ccc(N2C(=S)N[C@H](c3ccccn3)[C@@H]2c2cc(C)n(-c3ccccc3Br)c2C)cc1. The van der Waals surface area contributed by atoms with Crippen LogP contribution in [0.15, 0.2) is 83.5 Å². The molecule has 1 aliphatic rings. The van der Waals surface area contributed by atoms with E-state index in [1.54, 1.807) is 0 Å². The Kier molecular flexibility index (Phi) is 6.62. The number of para-hydroxylation sites is 1. The topological polar surface area (TPSA) is 42.3 Å². The fourth-order valence-electron chi connectivity index (χ4n) is 4.91. The number of aromatic nitrogens is 2. The first-order valence-corrected chi connectivity index (χ1v) is 12.9. The second kappa shape index (κ2) is 9.84. The van der Waals surface area contributed by atoms with Crippen LogP contribution in [0.25, 0.3) is 5.69 Å². The lowest BCUT2D eigenvalue weighted by Crippen LogP contribution is -2.29. The highest BCUT2D eigenvalue weighted by molar-refractivity contribution is 9.10. The van der Waals surface area contributed by atoms with Gasteiger partial charge in [0, 0.05) is 27.7 Å². The summed E-state index contributed by atoms with van der Waals surface area (Å²) in [6, 6.07) is 24.6. The predicted molar refractivity (Wildman–Crippen MR) is 148 cm³/mol. The molecule has 2 atom stereocenters. The summed E-state index contributed by atoms with van der Waals surface area (Å²) in [6.45, 7) is 6.94. The van der Waals surface area contributed by atoms with Gasteiger partial charge in [0.25, 0.3) is 0 Å². The summed E-state index contributed by atoms with van der Waals surface area (Å²) in [7, 11) is 0. The fourth-order valence-corrected chi connectivity index (χ4v) is 5.72. The summed E-state index contributed by atoms with van der Waals surface area (Å²) in [4.78, 5) is 6.89. The zero-order chi connectivity index (χ0) is 24.5. The van der Waals surface area contributed by atoms with Crippen LogP contribution in [0.2, 0.25) is 0 Å². The Morgan fingerprint density at radius 2 is 1.77 bits per heavy atom. The fraction of sp³-hybridized carbons (Fsp3) is 0.214. The van der Waals surface area contributed by atoms with E-state index in [0.717, 1.165) is 33.0 Å². The van der Waals surface area contributed by atoms with Gasteiger partial charge in [0.2, 0.25) is 0 Å². The van der Waals surface area contributed by atoms with Crippen LogP contribution in [-0.2, 0) is 0 Å². The molecule has 1 fully saturated rings. The summed E-state index contributed by atoms with van der Waals surface area (Å²) >= 11 is 9.63. The van der Waals surface area contributed by atoms with Crippen molar-refractivity contribution in [2.24, 2.45) is 0 Å². The first-order chi connectivity index (χ1) is 17.0. The number of rotatable bonds is 6. The van der Waals surface area contributed by atoms with Gasteiger partial charge in [-0.1, -0.05) is 18.2 Å². The van der Waals surface area contributed by atoms with Crippen LogP contribution in [-0.4, -0.2) is 21.3 Å². The average molecular weight is 548 g/mol. The Hall–Kier alpha value is -3.16. The van der Waals surface area contributed by atoms with Gasteiger partial charge in [-0.25, -0.2) is 0 Å². The molecule has 5 nitrogen and oxygen atoms in total. The molecule has 2 aromatic carbocycles. The van der Waals surface area contributed by atoms with E-state index in [1.807, 2.05) is 43.5 Å².